The van der Waals surface area contributed by atoms with Crippen molar-refractivity contribution in [1.82, 2.24) is 9.88 Å². The standard InChI is InChI=1S/C22H30N4O2/c1-17-6-9-20(10-7-17)28-16-22(27)26-13-4-5-18(12-14-26)24-19-8-11-21(23-15-19)25(2)3/h6-11,15,18,24H,4-5,12-14,16H2,1-3H3/t18-/m0/s1. The van der Waals surface area contributed by atoms with Crippen molar-refractivity contribution < 1.29 is 9.53 Å². The Morgan fingerprint density at radius 1 is 1.18 bits per heavy atom. The lowest BCUT2D eigenvalue weighted by Gasteiger charge is -2.21. The highest BCUT2D eigenvalue weighted by Crippen LogP contribution is 2.19. The summed E-state index contributed by atoms with van der Waals surface area (Å²) in [6, 6.07) is 12.2. The normalized spacial score (nSPS) is 17.0. The van der Waals surface area contributed by atoms with Crippen molar-refractivity contribution in [1.29, 1.82) is 0 Å². The Kier molecular flexibility index (Phi) is 6.74. The Morgan fingerprint density at radius 2 is 1.96 bits per heavy atom. The van der Waals surface area contributed by atoms with Crippen molar-refractivity contribution in [3.8, 4) is 5.75 Å². The molecule has 0 radical (unpaired) electrons. The average molecular weight is 383 g/mol. The van der Waals surface area contributed by atoms with Gasteiger partial charge in [0.2, 0.25) is 0 Å². The van der Waals surface area contributed by atoms with E-state index in [9.17, 15) is 4.79 Å². The van der Waals surface area contributed by atoms with E-state index in [0.717, 1.165) is 49.6 Å². The van der Waals surface area contributed by atoms with Crippen LogP contribution in [0.15, 0.2) is 42.6 Å². The molecular formula is C22H30N4O2. The first-order valence-corrected chi connectivity index (χ1v) is 9.88. The molecule has 1 aliphatic heterocycles. The van der Waals surface area contributed by atoms with Crippen LogP contribution in [0.25, 0.3) is 0 Å². The fourth-order valence-electron chi connectivity index (χ4n) is 3.33. The van der Waals surface area contributed by atoms with Gasteiger partial charge in [0.15, 0.2) is 6.61 Å². The molecule has 2 aromatic rings. The number of rotatable bonds is 6. The number of nitrogens with one attached hydrogen (secondary N) is 1. The summed E-state index contributed by atoms with van der Waals surface area (Å²) in [5, 5.41) is 3.56. The molecule has 6 nitrogen and oxygen atoms in total. The van der Waals surface area contributed by atoms with Gasteiger partial charge in [0.1, 0.15) is 11.6 Å². The van der Waals surface area contributed by atoms with E-state index >= 15 is 0 Å². The maximum Gasteiger partial charge on any atom is 0.260 e. The van der Waals surface area contributed by atoms with Crippen molar-refractivity contribution in [2.75, 3.05) is 44.0 Å². The lowest BCUT2D eigenvalue weighted by Crippen LogP contribution is -2.36. The minimum absolute atomic E-state index is 0.0539. The van der Waals surface area contributed by atoms with E-state index in [-0.39, 0.29) is 12.5 Å². The zero-order chi connectivity index (χ0) is 19.9. The molecule has 1 N–H and O–H groups in total. The molecule has 1 amide bonds. The van der Waals surface area contributed by atoms with Crippen LogP contribution in [0.3, 0.4) is 0 Å². The highest BCUT2D eigenvalue weighted by molar-refractivity contribution is 5.77. The number of amides is 1. The van der Waals surface area contributed by atoms with Gasteiger partial charge in [-0.25, -0.2) is 4.98 Å². The molecule has 0 bridgehead atoms. The Hall–Kier alpha value is -2.76. The third kappa shape index (κ3) is 5.62. The Balaban J connectivity index is 1.47. The number of hydrogen-bond donors (Lipinski definition) is 1. The first-order valence-electron chi connectivity index (χ1n) is 9.88. The van der Waals surface area contributed by atoms with Gasteiger partial charge in [0, 0.05) is 33.2 Å². The zero-order valence-corrected chi connectivity index (χ0v) is 17.0. The Labute approximate surface area is 167 Å². The van der Waals surface area contributed by atoms with Crippen LogP contribution in [0, 0.1) is 6.92 Å². The van der Waals surface area contributed by atoms with Crippen LogP contribution in [0.5, 0.6) is 5.75 Å². The summed E-state index contributed by atoms with van der Waals surface area (Å²) in [5.41, 5.74) is 2.20. The summed E-state index contributed by atoms with van der Waals surface area (Å²) < 4.78 is 5.65. The minimum Gasteiger partial charge on any atom is -0.484 e. The second-order valence-corrected chi connectivity index (χ2v) is 7.55. The number of hydrogen-bond acceptors (Lipinski definition) is 5. The number of nitrogens with zero attached hydrogens (tertiary/aromatic N) is 3. The fraction of sp³-hybridized carbons (Fsp3) is 0.455. The van der Waals surface area contributed by atoms with Gasteiger partial charge >= 0.3 is 0 Å². The minimum atomic E-state index is 0.0539. The summed E-state index contributed by atoms with van der Waals surface area (Å²) in [4.78, 5) is 20.9. The lowest BCUT2D eigenvalue weighted by atomic mass is 10.1. The molecule has 28 heavy (non-hydrogen) atoms. The molecule has 1 aromatic heterocycles. The second-order valence-electron chi connectivity index (χ2n) is 7.55. The van der Waals surface area contributed by atoms with E-state index in [2.05, 4.69) is 16.4 Å². The van der Waals surface area contributed by atoms with Crippen molar-refractivity contribution >= 4 is 17.4 Å². The van der Waals surface area contributed by atoms with E-state index in [1.165, 1.54) is 5.56 Å². The molecule has 0 saturated carbocycles. The van der Waals surface area contributed by atoms with Gasteiger partial charge in [-0.05, 0) is 50.5 Å². The van der Waals surface area contributed by atoms with Crippen LogP contribution < -0.4 is 15.0 Å². The molecule has 0 aliphatic carbocycles. The fourth-order valence-corrected chi connectivity index (χ4v) is 3.33. The number of aryl methyl sites for hydroxylation is 1. The molecule has 1 fully saturated rings. The van der Waals surface area contributed by atoms with Crippen LogP contribution in [0.4, 0.5) is 11.5 Å². The predicted molar refractivity (Wildman–Crippen MR) is 113 cm³/mol. The molecule has 3 rings (SSSR count). The molecule has 2 heterocycles. The van der Waals surface area contributed by atoms with E-state index in [4.69, 9.17) is 4.74 Å². The van der Waals surface area contributed by atoms with Crippen molar-refractivity contribution in [2.24, 2.45) is 0 Å². The molecule has 0 unspecified atom stereocenters. The van der Waals surface area contributed by atoms with Crippen molar-refractivity contribution in [2.45, 2.75) is 32.2 Å². The third-order valence-corrected chi connectivity index (χ3v) is 5.04. The number of likely N-dealkylation sites (tertiary alicyclic amines) is 1. The Bertz CT molecular complexity index is 759. The molecule has 1 aromatic carbocycles. The predicted octanol–water partition coefficient (Wildman–Crippen LogP) is 3.33. The summed E-state index contributed by atoms with van der Waals surface area (Å²) in [6.07, 6.45) is 4.82. The molecule has 1 atom stereocenters. The maximum atomic E-state index is 12.5. The molecule has 6 heteroatoms. The first-order chi connectivity index (χ1) is 13.5. The molecule has 0 spiro atoms. The second kappa shape index (κ2) is 9.44. The third-order valence-electron chi connectivity index (χ3n) is 5.04. The van der Waals surface area contributed by atoms with Gasteiger partial charge in [0.05, 0.1) is 11.9 Å². The topological polar surface area (TPSA) is 57.7 Å². The number of ether oxygens (including phenoxy) is 1. The lowest BCUT2D eigenvalue weighted by molar-refractivity contribution is -0.133. The Morgan fingerprint density at radius 3 is 2.64 bits per heavy atom. The van der Waals surface area contributed by atoms with E-state index < -0.39 is 0 Å². The number of carbonyl (C=O) groups excluding carboxylic acids is 1. The highest BCUT2D eigenvalue weighted by Gasteiger charge is 2.21. The van der Waals surface area contributed by atoms with Crippen LogP contribution in [-0.4, -0.2) is 55.6 Å². The smallest absolute Gasteiger partial charge is 0.260 e. The van der Waals surface area contributed by atoms with E-state index in [0.29, 0.717) is 6.04 Å². The van der Waals surface area contributed by atoms with E-state index in [1.54, 1.807) is 0 Å². The highest BCUT2D eigenvalue weighted by atomic mass is 16.5. The van der Waals surface area contributed by atoms with E-state index in [1.807, 2.05) is 67.3 Å². The van der Waals surface area contributed by atoms with Crippen molar-refractivity contribution in [3.63, 3.8) is 0 Å². The summed E-state index contributed by atoms with van der Waals surface area (Å²) in [7, 11) is 3.96. The van der Waals surface area contributed by atoms with Crippen LogP contribution >= 0.6 is 0 Å². The molecule has 1 aliphatic rings. The van der Waals surface area contributed by atoms with Gasteiger partial charge in [0.25, 0.3) is 5.91 Å². The average Bonchev–Trinajstić information content (AvgIpc) is 2.93. The van der Waals surface area contributed by atoms with Gasteiger partial charge in [-0.15, -0.1) is 0 Å². The first kappa shape index (κ1) is 20.0. The van der Waals surface area contributed by atoms with Gasteiger partial charge in [-0.3, -0.25) is 4.79 Å². The molecule has 150 valence electrons. The van der Waals surface area contributed by atoms with Gasteiger partial charge in [-0.1, -0.05) is 17.7 Å². The summed E-state index contributed by atoms with van der Waals surface area (Å²) >= 11 is 0. The molecule has 1 saturated heterocycles. The molecular weight excluding hydrogens is 352 g/mol. The van der Waals surface area contributed by atoms with Crippen molar-refractivity contribution in [3.05, 3.63) is 48.2 Å². The number of benzene rings is 1. The largest absolute Gasteiger partial charge is 0.484 e. The zero-order valence-electron chi connectivity index (χ0n) is 17.0. The quantitative estimate of drug-likeness (QED) is 0.830. The van der Waals surface area contributed by atoms with Crippen LogP contribution in [0.1, 0.15) is 24.8 Å². The maximum absolute atomic E-state index is 12.5. The van der Waals surface area contributed by atoms with Gasteiger partial charge in [-0.2, -0.15) is 0 Å². The monoisotopic (exact) mass is 382 g/mol. The van der Waals surface area contributed by atoms with Gasteiger partial charge < -0.3 is 19.9 Å². The van der Waals surface area contributed by atoms with Crippen LogP contribution in [0.2, 0.25) is 0 Å². The van der Waals surface area contributed by atoms with Crippen LogP contribution in [-0.2, 0) is 4.79 Å². The SMILES string of the molecule is Cc1ccc(OCC(=O)N2CCC[C@H](Nc3ccc(N(C)C)nc3)CC2)cc1. The summed E-state index contributed by atoms with van der Waals surface area (Å²) in [5.74, 6) is 1.73. The number of anilines is 2. The number of pyridine rings is 1. The number of carbonyl (C=O) groups is 1. The number of aromatic nitrogens is 1. The summed E-state index contributed by atoms with van der Waals surface area (Å²) in [6.45, 7) is 3.66.